The van der Waals surface area contributed by atoms with E-state index in [1.165, 1.54) is 5.56 Å². The van der Waals surface area contributed by atoms with E-state index in [1.54, 1.807) is 21.3 Å². The molecule has 0 radical (unpaired) electrons. The number of hydrogen-bond donors (Lipinski definition) is 1. The lowest BCUT2D eigenvalue weighted by Crippen LogP contribution is -2.31. The zero-order valence-corrected chi connectivity index (χ0v) is 12.8. The van der Waals surface area contributed by atoms with Crippen LogP contribution in [0.15, 0.2) is 22.7 Å². The van der Waals surface area contributed by atoms with Crippen LogP contribution in [0.1, 0.15) is 18.5 Å². The van der Waals surface area contributed by atoms with Gasteiger partial charge in [0.05, 0.1) is 11.6 Å². The average molecular weight is 318 g/mol. The summed E-state index contributed by atoms with van der Waals surface area (Å²) in [6.07, 6.45) is -0.228. The van der Waals surface area contributed by atoms with Crippen molar-refractivity contribution in [2.45, 2.75) is 19.3 Å². The first kappa shape index (κ1) is 15.4. The van der Waals surface area contributed by atoms with Crippen LogP contribution in [0.3, 0.4) is 0 Å². The molecule has 0 saturated carbocycles. The number of nitrogens with one attached hydrogen (secondary N) is 1. The van der Waals surface area contributed by atoms with Gasteiger partial charge in [-0.1, -0.05) is 6.07 Å². The van der Waals surface area contributed by atoms with Crippen LogP contribution < -0.4 is 10.1 Å². The van der Waals surface area contributed by atoms with Crippen molar-refractivity contribution in [1.82, 2.24) is 5.32 Å². The molecule has 4 nitrogen and oxygen atoms in total. The molecule has 5 heteroatoms. The molecule has 0 aliphatic heterocycles. The maximum atomic E-state index is 5.21. The Balaban J connectivity index is 2.61. The molecule has 0 amide bonds. The summed E-state index contributed by atoms with van der Waals surface area (Å²) in [6, 6.07) is 6.24. The lowest BCUT2D eigenvalue weighted by atomic mass is 10.1. The molecule has 1 atom stereocenters. The maximum absolute atomic E-state index is 5.21. The summed E-state index contributed by atoms with van der Waals surface area (Å²) >= 11 is 3.48. The molecule has 0 aliphatic rings. The molecule has 102 valence electrons. The minimum absolute atomic E-state index is 0.208. The molecule has 0 aromatic heterocycles. The van der Waals surface area contributed by atoms with E-state index in [9.17, 15) is 0 Å². The minimum Gasteiger partial charge on any atom is -0.496 e. The Hall–Kier alpha value is -0.620. The van der Waals surface area contributed by atoms with Crippen LogP contribution in [0.2, 0.25) is 0 Å². The van der Waals surface area contributed by atoms with Crippen molar-refractivity contribution in [3.05, 3.63) is 28.2 Å². The number of halogens is 1. The molecule has 0 saturated heterocycles. The first-order valence-corrected chi connectivity index (χ1v) is 6.54. The summed E-state index contributed by atoms with van der Waals surface area (Å²) in [5, 5.41) is 3.35. The lowest BCUT2D eigenvalue weighted by Gasteiger charge is -2.19. The Morgan fingerprint density at radius 3 is 2.39 bits per heavy atom. The Bertz CT molecular complexity index is 369. The second kappa shape index (κ2) is 7.74. The molecule has 18 heavy (non-hydrogen) atoms. The molecule has 1 aromatic carbocycles. The van der Waals surface area contributed by atoms with E-state index in [0.717, 1.165) is 10.2 Å². The second-order valence-corrected chi connectivity index (χ2v) is 4.78. The SMILES string of the molecule is COc1ccc(C(C)NCC(OC)OC)cc1Br. The maximum Gasteiger partial charge on any atom is 0.169 e. The quantitative estimate of drug-likeness (QED) is 0.785. The van der Waals surface area contributed by atoms with Crippen LogP contribution in [0.5, 0.6) is 5.75 Å². The largest absolute Gasteiger partial charge is 0.496 e. The molecule has 0 spiro atoms. The normalized spacial score (nSPS) is 12.8. The predicted molar refractivity (Wildman–Crippen MR) is 74.9 cm³/mol. The fourth-order valence-electron chi connectivity index (χ4n) is 1.61. The van der Waals surface area contributed by atoms with Crippen LogP contribution >= 0.6 is 15.9 Å². The van der Waals surface area contributed by atoms with Gasteiger partial charge >= 0.3 is 0 Å². The van der Waals surface area contributed by atoms with Gasteiger partial charge < -0.3 is 19.5 Å². The summed E-state index contributed by atoms with van der Waals surface area (Å²) in [4.78, 5) is 0. The molecule has 0 heterocycles. The monoisotopic (exact) mass is 317 g/mol. The lowest BCUT2D eigenvalue weighted by molar-refractivity contribution is -0.0997. The molecular formula is C13H20BrNO3. The van der Waals surface area contributed by atoms with E-state index in [4.69, 9.17) is 14.2 Å². The highest BCUT2D eigenvalue weighted by atomic mass is 79.9. The molecule has 1 unspecified atom stereocenters. The van der Waals surface area contributed by atoms with Crippen molar-refractivity contribution in [3.8, 4) is 5.75 Å². The van der Waals surface area contributed by atoms with Gasteiger partial charge in [0.25, 0.3) is 0 Å². The van der Waals surface area contributed by atoms with Gasteiger partial charge in [0, 0.05) is 26.8 Å². The molecule has 1 rings (SSSR count). The van der Waals surface area contributed by atoms with E-state index in [1.807, 2.05) is 18.2 Å². The number of rotatable bonds is 7. The van der Waals surface area contributed by atoms with Gasteiger partial charge in [0.15, 0.2) is 6.29 Å². The van der Waals surface area contributed by atoms with E-state index in [2.05, 4.69) is 28.2 Å². The standard InChI is InChI=1S/C13H20BrNO3/c1-9(15-8-13(17-3)18-4)10-5-6-12(16-2)11(14)7-10/h5-7,9,13,15H,8H2,1-4H3. The highest BCUT2D eigenvalue weighted by Crippen LogP contribution is 2.27. The molecule has 1 N–H and O–H groups in total. The molecule has 0 bridgehead atoms. The first-order chi connectivity index (χ1) is 8.62. The van der Waals surface area contributed by atoms with Gasteiger partial charge in [0.2, 0.25) is 0 Å². The van der Waals surface area contributed by atoms with Crippen LogP contribution in [-0.2, 0) is 9.47 Å². The summed E-state index contributed by atoms with van der Waals surface area (Å²) in [5.74, 6) is 0.831. The van der Waals surface area contributed by atoms with Crippen LogP contribution in [0.4, 0.5) is 0 Å². The zero-order valence-electron chi connectivity index (χ0n) is 11.2. The Morgan fingerprint density at radius 2 is 1.89 bits per heavy atom. The third-order valence-electron chi connectivity index (χ3n) is 2.79. The van der Waals surface area contributed by atoms with Crippen LogP contribution in [0.25, 0.3) is 0 Å². The van der Waals surface area contributed by atoms with Gasteiger partial charge in [-0.15, -0.1) is 0 Å². The van der Waals surface area contributed by atoms with E-state index in [0.29, 0.717) is 6.54 Å². The summed E-state index contributed by atoms with van der Waals surface area (Å²) < 4.78 is 16.4. The van der Waals surface area contributed by atoms with Crippen LogP contribution in [0, 0.1) is 0 Å². The second-order valence-electron chi connectivity index (χ2n) is 3.92. The fourth-order valence-corrected chi connectivity index (χ4v) is 2.16. The summed E-state index contributed by atoms with van der Waals surface area (Å²) in [6.45, 7) is 2.73. The smallest absolute Gasteiger partial charge is 0.169 e. The number of hydrogen-bond acceptors (Lipinski definition) is 4. The Labute approximate surface area is 117 Å². The molecule has 1 aromatic rings. The van der Waals surface area contributed by atoms with Gasteiger partial charge in [-0.25, -0.2) is 0 Å². The Morgan fingerprint density at radius 1 is 1.22 bits per heavy atom. The van der Waals surface area contributed by atoms with Crippen molar-refractivity contribution in [3.63, 3.8) is 0 Å². The zero-order chi connectivity index (χ0) is 13.5. The summed E-state index contributed by atoms with van der Waals surface area (Å²) in [5.41, 5.74) is 1.17. The van der Waals surface area contributed by atoms with Gasteiger partial charge in [-0.05, 0) is 40.5 Å². The third-order valence-corrected chi connectivity index (χ3v) is 3.41. The van der Waals surface area contributed by atoms with E-state index >= 15 is 0 Å². The van der Waals surface area contributed by atoms with E-state index < -0.39 is 0 Å². The van der Waals surface area contributed by atoms with E-state index in [-0.39, 0.29) is 12.3 Å². The van der Waals surface area contributed by atoms with Gasteiger partial charge in [-0.2, -0.15) is 0 Å². The fraction of sp³-hybridized carbons (Fsp3) is 0.538. The highest BCUT2D eigenvalue weighted by molar-refractivity contribution is 9.10. The first-order valence-electron chi connectivity index (χ1n) is 5.74. The number of benzene rings is 1. The van der Waals surface area contributed by atoms with Crippen molar-refractivity contribution < 1.29 is 14.2 Å². The number of methoxy groups -OCH3 is 3. The van der Waals surface area contributed by atoms with Crippen molar-refractivity contribution >= 4 is 15.9 Å². The predicted octanol–water partition coefficient (Wildman–Crippen LogP) is 2.73. The molecule has 0 fully saturated rings. The summed E-state index contributed by atoms with van der Waals surface area (Å²) in [7, 11) is 4.91. The number of ether oxygens (including phenoxy) is 3. The minimum atomic E-state index is -0.228. The van der Waals surface area contributed by atoms with Crippen LogP contribution in [-0.4, -0.2) is 34.2 Å². The molecule has 0 aliphatic carbocycles. The van der Waals surface area contributed by atoms with Crippen molar-refractivity contribution in [1.29, 1.82) is 0 Å². The Kier molecular flexibility index (Phi) is 6.63. The third kappa shape index (κ3) is 4.24. The van der Waals surface area contributed by atoms with Gasteiger partial charge in [0.1, 0.15) is 5.75 Å². The average Bonchev–Trinajstić information content (AvgIpc) is 2.39. The highest BCUT2D eigenvalue weighted by Gasteiger charge is 2.11. The van der Waals surface area contributed by atoms with Crippen molar-refractivity contribution in [2.75, 3.05) is 27.9 Å². The van der Waals surface area contributed by atoms with Crippen molar-refractivity contribution in [2.24, 2.45) is 0 Å². The van der Waals surface area contributed by atoms with Gasteiger partial charge in [-0.3, -0.25) is 0 Å². The molecular weight excluding hydrogens is 298 g/mol. The topological polar surface area (TPSA) is 39.7 Å².